The Morgan fingerprint density at radius 3 is 2.47 bits per heavy atom. The highest BCUT2D eigenvalue weighted by Gasteiger charge is 2.28. The quantitative estimate of drug-likeness (QED) is 0.890. The second-order valence-corrected chi connectivity index (χ2v) is 7.04. The maximum atomic E-state index is 12.3. The Kier molecular flexibility index (Phi) is 4.28. The zero-order valence-electron chi connectivity index (χ0n) is 11.4. The van der Waals surface area contributed by atoms with Crippen LogP contribution in [0.15, 0.2) is 23.1 Å². The molecule has 2 rings (SSSR count). The minimum Gasteiger partial charge on any atom is -0.391 e. The molecule has 1 aromatic carbocycles. The van der Waals surface area contributed by atoms with Crippen molar-refractivity contribution in [3.63, 3.8) is 0 Å². The second kappa shape index (κ2) is 5.61. The van der Waals surface area contributed by atoms with Crippen molar-refractivity contribution in [2.24, 2.45) is 0 Å². The van der Waals surface area contributed by atoms with Gasteiger partial charge in [-0.3, -0.25) is 0 Å². The minimum absolute atomic E-state index is 0.272. The third-order valence-electron chi connectivity index (χ3n) is 3.82. The Morgan fingerprint density at radius 1 is 1.16 bits per heavy atom. The minimum atomic E-state index is -3.54. The lowest BCUT2D eigenvalue weighted by Crippen LogP contribution is -2.44. The van der Waals surface area contributed by atoms with Crippen LogP contribution in [0.2, 0.25) is 0 Å². The molecule has 0 spiro atoms. The first-order valence-corrected chi connectivity index (χ1v) is 8.16. The molecular formula is C14H21NO3S. The molecule has 0 amide bonds. The fraction of sp³-hybridized carbons (Fsp3) is 0.571. The van der Waals surface area contributed by atoms with E-state index in [1.54, 1.807) is 18.2 Å². The number of aliphatic hydroxyl groups excluding tert-OH is 1. The highest BCUT2D eigenvalue weighted by Crippen LogP contribution is 2.21. The van der Waals surface area contributed by atoms with Crippen LogP contribution in [0.3, 0.4) is 0 Å². The van der Waals surface area contributed by atoms with Crippen LogP contribution in [0.1, 0.15) is 36.8 Å². The summed E-state index contributed by atoms with van der Waals surface area (Å²) in [6, 6.07) is 4.73. The molecule has 0 bridgehead atoms. The van der Waals surface area contributed by atoms with Crippen LogP contribution < -0.4 is 4.72 Å². The van der Waals surface area contributed by atoms with Crippen LogP contribution in [0.4, 0.5) is 0 Å². The molecule has 0 unspecified atom stereocenters. The molecule has 1 saturated carbocycles. The van der Waals surface area contributed by atoms with Crippen LogP contribution in [-0.2, 0) is 10.0 Å². The van der Waals surface area contributed by atoms with Gasteiger partial charge in [0.25, 0.3) is 0 Å². The molecular weight excluding hydrogens is 262 g/mol. The van der Waals surface area contributed by atoms with E-state index in [1.807, 2.05) is 13.8 Å². The summed E-state index contributed by atoms with van der Waals surface area (Å²) in [5.41, 5.74) is 2.02. The number of nitrogens with one attached hydrogen (secondary N) is 1. The normalized spacial score (nSPS) is 24.4. The SMILES string of the molecule is Cc1ccc(S(=O)(=O)N[C@@H]2CCCC[C@H]2O)cc1C. The number of rotatable bonds is 3. The van der Waals surface area contributed by atoms with E-state index in [0.717, 1.165) is 24.0 Å². The molecule has 0 saturated heterocycles. The van der Waals surface area contributed by atoms with Crippen molar-refractivity contribution in [3.8, 4) is 0 Å². The van der Waals surface area contributed by atoms with Crippen molar-refractivity contribution < 1.29 is 13.5 Å². The highest BCUT2D eigenvalue weighted by atomic mass is 32.2. The molecule has 106 valence electrons. The molecule has 2 N–H and O–H groups in total. The van der Waals surface area contributed by atoms with Crippen molar-refractivity contribution in [1.82, 2.24) is 4.72 Å². The van der Waals surface area contributed by atoms with Gasteiger partial charge in [-0.2, -0.15) is 0 Å². The predicted molar refractivity (Wildman–Crippen MR) is 74.5 cm³/mol. The molecule has 0 heterocycles. The Bertz CT molecular complexity index is 554. The van der Waals surface area contributed by atoms with E-state index in [1.165, 1.54) is 0 Å². The number of aryl methyl sites for hydroxylation is 2. The fourth-order valence-electron chi connectivity index (χ4n) is 2.40. The van der Waals surface area contributed by atoms with E-state index in [0.29, 0.717) is 12.8 Å². The average Bonchev–Trinajstić information content (AvgIpc) is 2.35. The van der Waals surface area contributed by atoms with E-state index >= 15 is 0 Å². The summed E-state index contributed by atoms with van der Waals surface area (Å²) in [6.45, 7) is 3.84. The summed E-state index contributed by atoms with van der Waals surface area (Å²) in [5, 5.41) is 9.85. The third kappa shape index (κ3) is 3.35. The zero-order chi connectivity index (χ0) is 14.0. The second-order valence-electron chi connectivity index (χ2n) is 5.33. The van der Waals surface area contributed by atoms with Gasteiger partial charge in [-0.25, -0.2) is 13.1 Å². The van der Waals surface area contributed by atoms with Gasteiger partial charge in [0.1, 0.15) is 0 Å². The first-order valence-electron chi connectivity index (χ1n) is 6.68. The lowest BCUT2D eigenvalue weighted by Gasteiger charge is -2.28. The topological polar surface area (TPSA) is 66.4 Å². The van der Waals surface area contributed by atoms with Crippen molar-refractivity contribution in [2.45, 2.75) is 56.6 Å². The van der Waals surface area contributed by atoms with Gasteiger partial charge in [0, 0.05) is 6.04 Å². The van der Waals surface area contributed by atoms with Crippen LogP contribution in [-0.4, -0.2) is 25.7 Å². The van der Waals surface area contributed by atoms with Gasteiger partial charge >= 0.3 is 0 Å². The van der Waals surface area contributed by atoms with Crippen LogP contribution >= 0.6 is 0 Å². The lowest BCUT2D eigenvalue weighted by atomic mass is 9.93. The van der Waals surface area contributed by atoms with Gasteiger partial charge in [-0.05, 0) is 49.9 Å². The molecule has 1 aliphatic carbocycles. The van der Waals surface area contributed by atoms with Crippen molar-refractivity contribution in [3.05, 3.63) is 29.3 Å². The molecule has 4 nitrogen and oxygen atoms in total. The van der Waals surface area contributed by atoms with Crippen LogP contribution in [0.5, 0.6) is 0 Å². The summed E-state index contributed by atoms with van der Waals surface area (Å²) in [4.78, 5) is 0.272. The summed E-state index contributed by atoms with van der Waals surface area (Å²) in [5.74, 6) is 0. The Labute approximate surface area is 114 Å². The number of benzene rings is 1. The molecule has 2 atom stereocenters. The third-order valence-corrected chi connectivity index (χ3v) is 5.31. The lowest BCUT2D eigenvalue weighted by molar-refractivity contribution is 0.101. The van der Waals surface area contributed by atoms with Gasteiger partial charge in [0.15, 0.2) is 0 Å². The van der Waals surface area contributed by atoms with Crippen molar-refractivity contribution in [2.75, 3.05) is 0 Å². The smallest absolute Gasteiger partial charge is 0.240 e. The van der Waals surface area contributed by atoms with E-state index in [2.05, 4.69) is 4.72 Å². The molecule has 19 heavy (non-hydrogen) atoms. The fourth-order valence-corrected chi connectivity index (χ4v) is 3.79. The Hall–Kier alpha value is -0.910. The average molecular weight is 283 g/mol. The molecule has 0 aromatic heterocycles. The highest BCUT2D eigenvalue weighted by molar-refractivity contribution is 7.89. The molecule has 1 aromatic rings. The van der Waals surface area contributed by atoms with Gasteiger partial charge in [-0.1, -0.05) is 18.9 Å². The Morgan fingerprint density at radius 2 is 1.84 bits per heavy atom. The van der Waals surface area contributed by atoms with Crippen LogP contribution in [0, 0.1) is 13.8 Å². The molecule has 0 radical (unpaired) electrons. The standard InChI is InChI=1S/C14H21NO3S/c1-10-7-8-12(9-11(10)2)19(17,18)15-13-5-3-4-6-14(13)16/h7-9,13-16H,3-6H2,1-2H3/t13-,14-/m1/s1. The first kappa shape index (κ1) is 14.5. The molecule has 1 fully saturated rings. The number of hydrogen-bond donors (Lipinski definition) is 2. The largest absolute Gasteiger partial charge is 0.391 e. The predicted octanol–water partition coefficient (Wildman–Crippen LogP) is 1.89. The summed E-state index contributed by atoms with van der Waals surface area (Å²) in [6.07, 6.45) is 2.71. The van der Waals surface area contributed by atoms with Gasteiger partial charge in [0.05, 0.1) is 11.0 Å². The maximum Gasteiger partial charge on any atom is 0.240 e. The number of aliphatic hydroxyl groups is 1. The zero-order valence-corrected chi connectivity index (χ0v) is 12.2. The van der Waals surface area contributed by atoms with Gasteiger partial charge in [0.2, 0.25) is 10.0 Å². The van der Waals surface area contributed by atoms with E-state index in [9.17, 15) is 13.5 Å². The van der Waals surface area contributed by atoms with E-state index in [4.69, 9.17) is 0 Å². The summed E-state index contributed by atoms with van der Waals surface area (Å²) in [7, 11) is -3.54. The van der Waals surface area contributed by atoms with Gasteiger partial charge < -0.3 is 5.11 Å². The summed E-state index contributed by atoms with van der Waals surface area (Å²) >= 11 is 0. The summed E-state index contributed by atoms with van der Waals surface area (Å²) < 4.78 is 27.2. The molecule has 0 aliphatic heterocycles. The first-order chi connectivity index (χ1) is 8.90. The Balaban J connectivity index is 2.19. The molecule has 5 heteroatoms. The maximum absolute atomic E-state index is 12.3. The number of sulfonamides is 1. The van der Waals surface area contributed by atoms with Crippen molar-refractivity contribution in [1.29, 1.82) is 0 Å². The van der Waals surface area contributed by atoms with E-state index in [-0.39, 0.29) is 10.9 Å². The van der Waals surface area contributed by atoms with Gasteiger partial charge in [-0.15, -0.1) is 0 Å². The molecule has 1 aliphatic rings. The van der Waals surface area contributed by atoms with Crippen molar-refractivity contribution >= 4 is 10.0 Å². The monoisotopic (exact) mass is 283 g/mol. The van der Waals surface area contributed by atoms with Crippen LogP contribution in [0.25, 0.3) is 0 Å². The van der Waals surface area contributed by atoms with E-state index < -0.39 is 16.1 Å². The number of hydrogen-bond acceptors (Lipinski definition) is 3.